The lowest BCUT2D eigenvalue weighted by molar-refractivity contribution is -0.183. The van der Waals surface area contributed by atoms with E-state index in [9.17, 15) is 19.8 Å². The van der Waals surface area contributed by atoms with E-state index in [-0.39, 0.29) is 45.7 Å². The van der Waals surface area contributed by atoms with Gasteiger partial charge in [-0.3, -0.25) is 9.59 Å². The molecule has 8 saturated carbocycles. The van der Waals surface area contributed by atoms with Gasteiger partial charge in [-0.15, -0.1) is 46.4 Å². The molecular weight excluding hydrogens is 908 g/mol. The van der Waals surface area contributed by atoms with E-state index in [1.54, 1.807) is 0 Å². The van der Waals surface area contributed by atoms with Crippen LogP contribution in [0.15, 0.2) is 120 Å². The predicted octanol–water partition coefficient (Wildman–Crippen LogP) is 14.9. The van der Waals surface area contributed by atoms with E-state index in [4.69, 9.17) is 51.9 Å². The second-order valence-corrected chi connectivity index (χ2v) is 22.2. The van der Waals surface area contributed by atoms with Gasteiger partial charge < -0.3 is 10.2 Å². The highest BCUT2D eigenvalue weighted by atomic mass is 35.5. The van der Waals surface area contributed by atoms with Gasteiger partial charge in [-0.2, -0.15) is 0 Å². The number of nitrogens with zero attached hydrogens (tertiary/aromatic N) is 3. The van der Waals surface area contributed by atoms with Crippen LogP contribution in [0.3, 0.4) is 0 Å². The number of aliphatic hydroxyl groups is 2. The van der Waals surface area contributed by atoms with Crippen LogP contribution in [0.4, 0.5) is 0 Å². The Bertz CT molecular complexity index is 2040. The number of halogens is 4. The van der Waals surface area contributed by atoms with Gasteiger partial charge in [0.15, 0.2) is 0 Å². The zero-order valence-electron chi connectivity index (χ0n) is 38.7. The number of benzene rings is 3. The molecule has 8 bridgehead atoms. The number of hydrogen-bond acceptors (Lipinski definition) is 5. The van der Waals surface area contributed by atoms with Crippen molar-refractivity contribution in [2.45, 2.75) is 126 Å². The van der Waals surface area contributed by atoms with Crippen molar-refractivity contribution in [2.75, 3.05) is 10.7 Å². The maximum atomic E-state index is 12.5. The predicted molar refractivity (Wildman–Crippen MR) is 271 cm³/mol. The molecule has 11 rings (SSSR count). The first kappa shape index (κ1) is 52.2. The minimum Gasteiger partial charge on any atom is -0.390 e. The summed E-state index contributed by atoms with van der Waals surface area (Å²) in [7, 11) is 0. The molecule has 7 nitrogen and oxygen atoms in total. The Morgan fingerprint density at radius 1 is 0.636 bits per heavy atom. The van der Waals surface area contributed by atoms with Crippen LogP contribution >= 0.6 is 46.4 Å². The van der Waals surface area contributed by atoms with Crippen molar-refractivity contribution in [1.82, 2.24) is 0 Å². The lowest BCUT2D eigenvalue weighted by atomic mass is 9.45. The normalized spacial score (nSPS) is 33.6. The van der Waals surface area contributed by atoms with Gasteiger partial charge in [0.05, 0.1) is 33.8 Å². The first-order valence-electron chi connectivity index (χ1n) is 23.9. The van der Waals surface area contributed by atoms with Gasteiger partial charge in [0.2, 0.25) is 0 Å². The highest BCUT2D eigenvalue weighted by Crippen LogP contribution is 2.64. The van der Waals surface area contributed by atoms with Gasteiger partial charge in [0.1, 0.15) is 11.6 Å². The summed E-state index contributed by atoms with van der Waals surface area (Å²) < 4.78 is 0. The summed E-state index contributed by atoms with van der Waals surface area (Å²) in [5.41, 5.74) is 14.0. The van der Waals surface area contributed by atoms with Crippen LogP contribution < -0.4 is 0 Å². The molecule has 3 unspecified atom stereocenters. The summed E-state index contributed by atoms with van der Waals surface area (Å²) >= 11 is 19.1. The Hall–Kier alpha value is -3.13. The van der Waals surface area contributed by atoms with Crippen molar-refractivity contribution < 1.29 is 19.8 Å². The Balaban J connectivity index is 0.000000155. The van der Waals surface area contributed by atoms with E-state index in [2.05, 4.69) is 85.6 Å². The number of fused-ring (bicyclic) bond motifs is 4. The summed E-state index contributed by atoms with van der Waals surface area (Å²) in [6.45, 7) is 12.7. The fourth-order valence-corrected chi connectivity index (χ4v) is 14.2. The lowest BCUT2D eigenvalue weighted by Crippen LogP contribution is -2.64. The number of alkyl halides is 4. The van der Waals surface area contributed by atoms with Crippen LogP contribution in [0.2, 0.25) is 0 Å². The zero-order chi connectivity index (χ0) is 47.6. The van der Waals surface area contributed by atoms with Crippen molar-refractivity contribution >= 4 is 58.0 Å². The van der Waals surface area contributed by atoms with E-state index in [0.717, 1.165) is 63.4 Å². The van der Waals surface area contributed by atoms with Crippen LogP contribution in [0, 0.1) is 53.3 Å². The molecule has 3 aromatic carbocycles. The summed E-state index contributed by atoms with van der Waals surface area (Å²) in [6, 6.07) is 30.6. The number of allylic oxidation sites excluding steroid dienone is 2. The van der Waals surface area contributed by atoms with E-state index >= 15 is 0 Å². The Morgan fingerprint density at radius 3 is 1.56 bits per heavy atom. The summed E-state index contributed by atoms with van der Waals surface area (Å²) in [5.74, 6) is 4.54. The summed E-state index contributed by atoms with van der Waals surface area (Å²) in [6.07, 6.45) is 11.7. The molecular formula is C55H69Cl4N3O4. The number of aliphatic hydroxyl groups excluding tert-OH is 1. The number of hydrogen-bond donors (Lipinski definition) is 2. The molecule has 0 saturated heterocycles. The van der Waals surface area contributed by atoms with Crippen molar-refractivity contribution in [3.05, 3.63) is 142 Å². The molecule has 0 aliphatic heterocycles. The molecule has 8 aliphatic rings. The van der Waals surface area contributed by atoms with Crippen LogP contribution in [0.1, 0.15) is 132 Å². The van der Waals surface area contributed by atoms with E-state index in [1.165, 1.54) is 35.1 Å². The number of azide groups is 1. The smallest absolute Gasteiger partial charge is 0.139 e. The maximum absolute atomic E-state index is 12.5. The third kappa shape index (κ3) is 12.5. The van der Waals surface area contributed by atoms with Crippen LogP contribution in [0.5, 0.6) is 0 Å². The number of carbonyl (C=O) groups is 2. The maximum Gasteiger partial charge on any atom is 0.139 e. The molecule has 0 heterocycles. The standard InChI is InChI=1S/C18H23N3O.C18H22O.C17H20O2.2CH2Cl2/c1-12(14-5-3-2-4-6-14)16-15-7-13-8-17(10-15,20-21-19)11-18(16,22)9-13;1-12-8-14-10-16(9-12)18(17(19)11-14)13(2)15-6-4-3-5-7-15;1-11-7-12-9-14(8-11)16(15(18)10-12)17(19)13-5-3-2-4-6-13;2*2-1-3/h2-6,12-13,15-16,22H,7-11H2,1H3;3-7,13-14,16,18H,1,8-11H2,2H3;2-6,12,14,16-17,19H,1,7-10H2;2*1H2/t12-,13+,15?,16+,17+,18+;13-,14-,16?,18+;12-,14?,16+,17-;;/m000../s1. The molecule has 14 atom stereocenters. The first-order chi connectivity index (χ1) is 31.7. The van der Waals surface area contributed by atoms with E-state index in [0.29, 0.717) is 60.1 Å². The third-order valence-electron chi connectivity index (χ3n) is 16.1. The molecule has 11 heteroatoms. The molecule has 0 amide bonds. The highest BCUT2D eigenvalue weighted by molar-refractivity contribution is 6.41. The molecule has 0 radical (unpaired) electrons. The highest BCUT2D eigenvalue weighted by Gasteiger charge is 2.63. The van der Waals surface area contributed by atoms with Gasteiger partial charge in [-0.25, -0.2) is 0 Å². The zero-order valence-corrected chi connectivity index (χ0v) is 41.7. The lowest BCUT2D eigenvalue weighted by Gasteiger charge is -2.63. The Kier molecular flexibility index (Phi) is 18.9. The fourth-order valence-electron chi connectivity index (χ4n) is 14.2. The topological polar surface area (TPSA) is 123 Å². The molecule has 2 N–H and O–H groups in total. The van der Waals surface area contributed by atoms with Crippen molar-refractivity contribution in [3.63, 3.8) is 0 Å². The number of Topliss-reactive ketones (excluding diaryl/α,β-unsaturated/α-hetero) is 2. The largest absolute Gasteiger partial charge is 0.390 e. The minimum absolute atomic E-state index is 0.194. The molecule has 3 aromatic rings. The number of carbonyl (C=O) groups excluding carboxylic acids is 2. The SMILES string of the molecule is C=C1CC2C[C@H](C1)CC(=O)[C@@H]2[C@@H](C)c1ccccc1.C=C1CC2C[C@H](C1)CC(=O)[C@@H]2[C@@H](O)c1ccccc1.C[C@@H](c1ccccc1)[C@@H]1C2C[C@@H]3C[C@@](N=[N+]=[N-])(C2)C[C@]1(O)C3.ClCCl.ClCCl. The van der Waals surface area contributed by atoms with Gasteiger partial charge in [-0.05, 0) is 146 Å². The fraction of sp³-hybridized carbons (Fsp3) is 0.564. The summed E-state index contributed by atoms with van der Waals surface area (Å²) in [4.78, 5) is 27.9. The molecule has 8 aliphatic carbocycles. The van der Waals surface area contributed by atoms with Gasteiger partial charge in [0, 0.05) is 23.7 Å². The molecule has 8 fully saturated rings. The second kappa shape index (κ2) is 23.9. The van der Waals surface area contributed by atoms with Crippen molar-refractivity contribution in [3.8, 4) is 0 Å². The third-order valence-corrected chi connectivity index (χ3v) is 16.1. The molecule has 356 valence electrons. The molecule has 0 aromatic heterocycles. The van der Waals surface area contributed by atoms with Gasteiger partial charge in [0.25, 0.3) is 0 Å². The average Bonchev–Trinajstić information content (AvgIpc) is 3.27. The first-order valence-corrected chi connectivity index (χ1v) is 26.1. The van der Waals surface area contributed by atoms with Crippen molar-refractivity contribution in [1.29, 1.82) is 0 Å². The monoisotopic (exact) mass is 975 g/mol. The summed E-state index contributed by atoms with van der Waals surface area (Å²) in [5, 5.41) is 26.5. The minimum atomic E-state index is -0.662. The van der Waals surface area contributed by atoms with Crippen LogP contribution in [0.25, 0.3) is 10.4 Å². The van der Waals surface area contributed by atoms with Crippen LogP contribution in [-0.4, -0.2) is 43.6 Å². The van der Waals surface area contributed by atoms with Crippen LogP contribution in [-0.2, 0) is 9.59 Å². The Morgan fingerprint density at radius 2 is 1.08 bits per heavy atom. The second-order valence-electron chi connectivity index (χ2n) is 20.6. The Labute approximate surface area is 413 Å². The molecule has 0 spiro atoms. The van der Waals surface area contributed by atoms with E-state index < -0.39 is 11.7 Å². The molecule has 66 heavy (non-hydrogen) atoms. The van der Waals surface area contributed by atoms with Crippen molar-refractivity contribution in [2.24, 2.45) is 58.4 Å². The van der Waals surface area contributed by atoms with E-state index in [1.807, 2.05) is 42.5 Å². The quantitative estimate of drug-likeness (QED) is 0.0804. The van der Waals surface area contributed by atoms with Gasteiger partial charge >= 0.3 is 0 Å². The average molecular weight is 978 g/mol. The number of ketones is 2. The number of rotatable bonds is 7. The van der Waals surface area contributed by atoms with Gasteiger partial charge in [-0.1, -0.05) is 134 Å².